The van der Waals surface area contributed by atoms with Crippen molar-refractivity contribution < 1.29 is 13.5 Å². The Kier molecular flexibility index (Phi) is 9.72. The molecular formula is C33H28F2N8OS2. The van der Waals surface area contributed by atoms with Crippen LogP contribution in [0.3, 0.4) is 0 Å². The van der Waals surface area contributed by atoms with Gasteiger partial charge in [-0.05, 0) is 55.5 Å². The zero-order valence-electron chi connectivity index (χ0n) is 24.9. The first-order chi connectivity index (χ1) is 22.4. The third kappa shape index (κ3) is 7.99. The molecule has 0 aliphatic carbocycles. The lowest BCUT2D eigenvalue weighted by Gasteiger charge is -1.97. The average Bonchev–Trinajstić information content (AvgIpc) is 3.89. The van der Waals surface area contributed by atoms with E-state index in [-0.39, 0.29) is 11.6 Å². The molecule has 232 valence electrons. The summed E-state index contributed by atoms with van der Waals surface area (Å²) >= 11 is 3.06. The zero-order chi connectivity index (χ0) is 31.9. The van der Waals surface area contributed by atoms with Crippen molar-refractivity contribution in [3.8, 4) is 32.4 Å². The Balaban J connectivity index is 0.000000164. The molecule has 4 aromatic heterocycles. The Hall–Kier alpha value is -4.98. The third-order valence-electron chi connectivity index (χ3n) is 6.70. The van der Waals surface area contributed by atoms with Crippen LogP contribution in [-0.2, 0) is 24.4 Å². The molecule has 0 radical (unpaired) electrons. The van der Waals surface area contributed by atoms with Gasteiger partial charge in [-0.1, -0.05) is 40.3 Å². The maximum Gasteiger partial charge on any atom is 0.123 e. The molecule has 0 N–H and O–H groups in total. The summed E-state index contributed by atoms with van der Waals surface area (Å²) in [5.41, 5.74) is 7.51. The quantitative estimate of drug-likeness (QED) is 0.161. The highest BCUT2D eigenvalue weighted by molar-refractivity contribution is 7.13. The number of nitrogens with zero attached hydrogens (tertiary/aromatic N) is 8. The van der Waals surface area contributed by atoms with Crippen LogP contribution >= 0.6 is 22.7 Å². The van der Waals surface area contributed by atoms with E-state index < -0.39 is 0 Å². The lowest BCUT2D eigenvalue weighted by atomic mass is 10.1. The monoisotopic (exact) mass is 654 g/mol. The van der Waals surface area contributed by atoms with Gasteiger partial charge in [0.15, 0.2) is 0 Å². The van der Waals surface area contributed by atoms with Crippen LogP contribution in [0.1, 0.15) is 22.6 Å². The van der Waals surface area contributed by atoms with Crippen molar-refractivity contribution in [1.29, 1.82) is 0 Å². The Bertz CT molecular complexity index is 1920. The molecular weight excluding hydrogens is 627 g/mol. The SMILES string of the molecule is COCc1cn(Cc2csc(-c3ccc(F)cc3)n2)nn1.Cc1ccc(-c2cn(Cc3csc(-c4ccc(F)cc4)n3)nn2)cc1. The molecule has 0 saturated carbocycles. The van der Waals surface area contributed by atoms with Gasteiger partial charge in [0.25, 0.3) is 0 Å². The maximum atomic E-state index is 13.0. The number of aromatic nitrogens is 8. The van der Waals surface area contributed by atoms with Gasteiger partial charge in [-0.3, -0.25) is 0 Å². The number of rotatable bonds is 9. The smallest absolute Gasteiger partial charge is 0.123 e. The summed E-state index contributed by atoms with van der Waals surface area (Å²) in [5.74, 6) is -0.490. The number of benzene rings is 3. The van der Waals surface area contributed by atoms with Gasteiger partial charge < -0.3 is 4.74 Å². The van der Waals surface area contributed by atoms with Crippen molar-refractivity contribution in [3.63, 3.8) is 0 Å². The minimum Gasteiger partial charge on any atom is -0.378 e. The molecule has 13 heteroatoms. The van der Waals surface area contributed by atoms with E-state index in [4.69, 9.17) is 4.74 Å². The number of ether oxygens (including phenoxy) is 1. The highest BCUT2D eigenvalue weighted by atomic mass is 32.1. The summed E-state index contributed by atoms with van der Waals surface area (Å²) in [7, 11) is 1.62. The number of thiazole rings is 2. The second-order valence-corrected chi connectivity index (χ2v) is 12.0. The second kappa shape index (κ2) is 14.4. The summed E-state index contributed by atoms with van der Waals surface area (Å²) < 4.78 is 34.4. The number of methoxy groups -OCH3 is 1. The second-order valence-electron chi connectivity index (χ2n) is 10.3. The van der Waals surface area contributed by atoms with E-state index in [2.05, 4.69) is 49.6 Å². The number of halogens is 2. The van der Waals surface area contributed by atoms with Gasteiger partial charge in [-0.2, -0.15) is 0 Å². The summed E-state index contributed by atoms with van der Waals surface area (Å²) in [4.78, 5) is 9.14. The maximum absolute atomic E-state index is 13.0. The largest absolute Gasteiger partial charge is 0.378 e. The molecule has 0 atom stereocenters. The van der Waals surface area contributed by atoms with Crippen LogP contribution in [-0.4, -0.2) is 47.1 Å². The van der Waals surface area contributed by atoms with Gasteiger partial charge in [0.05, 0.1) is 43.5 Å². The minimum atomic E-state index is -0.246. The Morgan fingerprint density at radius 2 is 1.13 bits per heavy atom. The van der Waals surface area contributed by atoms with Crippen LogP contribution in [0, 0.1) is 18.6 Å². The molecule has 0 bridgehead atoms. The van der Waals surface area contributed by atoms with Crippen molar-refractivity contribution in [2.75, 3.05) is 7.11 Å². The Labute approximate surface area is 271 Å². The zero-order valence-corrected chi connectivity index (χ0v) is 26.6. The van der Waals surface area contributed by atoms with E-state index in [1.165, 1.54) is 52.5 Å². The Morgan fingerprint density at radius 3 is 1.67 bits per heavy atom. The molecule has 0 saturated heterocycles. The molecule has 7 aromatic rings. The fourth-order valence-electron chi connectivity index (χ4n) is 4.40. The Morgan fingerprint density at radius 1 is 0.630 bits per heavy atom. The van der Waals surface area contributed by atoms with Crippen LogP contribution in [0.4, 0.5) is 8.78 Å². The summed E-state index contributed by atoms with van der Waals surface area (Å²) in [6.07, 6.45) is 3.75. The predicted molar refractivity (Wildman–Crippen MR) is 174 cm³/mol. The molecule has 0 fully saturated rings. The van der Waals surface area contributed by atoms with Crippen LogP contribution in [0.5, 0.6) is 0 Å². The first-order valence-electron chi connectivity index (χ1n) is 14.2. The topological polar surface area (TPSA) is 96.4 Å². The van der Waals surface area contributed by atoms with Gasteiger partial charge in [0, 0.05) is 34.6 Å². The predicted octanol–water partition coefficient (Wildman–Crippen LogP) is 7.30. The van der Waals surface area contributed by atoms with Gasteiger partial charge in [0.2, 0.25) is 0 Å². The van der Waals surface area contributed by atoms with E-state index in [1.54, 1.807) is 40.7 Å². The lowest BCUT2D eigenvalue weighted by molar-refractivity contribution is 0.181. The van der Waals surface area contributed by atoms with Crippen molar-refractivity contribution in [3.05, 3.63) is 130 Å². The van der Waals surface area contributed by atoms with Crippen molar-refractivity contribution in [2.45, 2.75) is 26.6 Å². The first-order valence-corrected chi connectivity index (χ1v) is 15.9. The van der Waals surface area contributed by atoms with E-state index in [9.17, 15) is 8.78 Å². The van der Waals surface area contributed by atoms with Crippen LogP contribution < -0.4 is 0 Å². The average molecular weight is 655 g/mol. The molecule has 0 amide bonds. The van der Waals surface area contributed by atoms with Gasteiger partial charge in [-0.15, -0.1) is 32.9 Å². The first kappa shape index (κ1) is 31.0. The summed E-state index contributed by atoms with van der Waals surface area (Å²) in [5, 5.41) is 22.1. The number of hydrogen-bond acceptors (Lipinski definition) is 9. The molecule has 3 aromatic carbocycles. The van der Waals surface area contributed by atoms with Crippen LogP contribution in [0.2, 0.25) is 0 Å². The van der Waals surface area contributed by atoms with Crippen molar-refractivity contribution in [2.24, 2.45) is 0 Å². The highest BCUT2D eigenvalue weighted by Gasteiger charge is 2.09. The van der Waals surface area contributed by atoms with Crippen LogP contribution in [0.25, 0.3) is 32.4 Å². The summed E-state index contributed by atoms with van der Waals surface area (Å²) in [6, 6.07) is 20.9. The molecule has 4 heterocycles. The van der Waals surface area contributed by atoms with Crippen molar-refractivity contribution >= 4 is 22.7 Å². The summed E-state index contributed by atoms with van der Waals surface area (Å²) in [6.45, 7) is 3.60. The van der Waals surface area contributed by atoms with E-state index in [1.807, 2.05) is 35.3 Å². The lowest BCUT2D eigenvalue weighted by Crippen LogP contribution is -2.00. The fraction of sp³-hybridized carbons (Fsp3) is 0.152. The van der Waals surface area contributed by atoms with E-state index in [0.717, 1.165) is 49.5 Å². The third-order valence-corrected chi connectivity index (χ3v) is 8.58. The molecule has 0 unspecified atom stereocenters. The molecule has 46 heavy (non-hydrogen) atoms. The number of aryl methyl sites for hydroxylation is 1. The minimum absolute atomic E-state index is 0.244. The van der Waals surface area contributed by atoms with Gasteiger partial charge >= 0.3 is 0 Å². The molecule has 0 aliphatic heterocycles. The fourth-order valence-corrected chi connectivity index (χ4v) is 6.04. The molecule has 0 spiro atoms. The van der Waals surface area contributed by atoms with Gasteiger partial charge in [0.1, 0.15) is 33.0 Å². The van der Waals surface area contributed by atoms with Crippen LogP contribution in [0.15, 0.2) is 96.0 Å². The molecule has 9 nitrogen and oxygen atoms in total. The van der Waals surface area contributed by atoms with Gasteiger partial charge in [-0.25, -0.2) is 28.1 Å². The van der Waals surface area contributed by atoms with E-state index >= 15 is 0 Å². The number of hydrogen-bond donors (Lipinski definition) is 0. The van der Waals surface area contributed by atoms with E-state index in [0.29, 0.717) is 19.7 Å². The normalized spacial score (nSPS) is 11.0. The molecule has 7 rings (SSSR count). The highest BCUT2D eigenvalue weighted by Crippen LogP contribution is 2.25. The molecule has 0 aliphatic rings. The van der Waals surface area contributed by atoms with Crippen molar-refractivity contribution in [1.82, 2.24) is 40.0 Å². The standard InChI is InChI=1S/C19H15FN4S.C14H13FN4OS/c1-13-2-4-14(5-3-13)18-11-24(23-22-18)10-17-12-25-19(21-17)15-6-8-16(20)9-7-15;1-20-8-12-6-19(18-17-12)7-13-9-21-14(16-13)10-2-4-11(15)5-3-10/h2-9,11-12H,10H2,1H3;2-6,9H,7-8H2,1H3.